The van der Waals surface area contributed by atoms with Gasteiger partial charge in [0.25, 0.3) is 0 Å². The van der Waals surface area contributed by atoms with Crippen LogP contribution in [0.1, 0.15) is 44.2 Å². The molecule has 0 fully saturated rings. The first kappa shape index (κ1) is 29.3. The molecule has 2 aromatic carbocycles. The zero-order valence-electron chi connectivity index (χ0n) is 21.0. The van der Waals surface area contributed by atoms with Crippen molar-refractivity contribution in [2.75, 3.05) is 19.5 Å². The van der Waals surface area contributed by atoms with Gasteiger partial charge in [0.2, 0.25) is 0 Å². The predicted molar refractivity (Wildman–Crippen MR) is 150 cm³/mol. The maximum Gasteiger partial charge on any atom is 0.304 e. The summed E-state index contributed by atoms with van der Waals surface area (Å²) in [5, 5.41) is 0.0597. The van der Waals surface area contributed by atoms with Gasteiger partial charge >= 0.3 is 5.97 Å². The van der Waals surface area contributed by atoms with Gasteiger partial charge in [0.15, 0.2) is 11.2 Å². The summed E-state index contributed by atoms with van der Waals surface area (Å²) in [6.07, 6.45) is 3.69. The molecule has 1 atom stereocenters. The molecule has 0 saturated carbocycles. The Morgan fingerprint density at radius 3 is 2.47 bits per heavy atom. The van der Waals surface area contributed by atoms with Crippen molar-refractivity contribution in [1.29, 1.82) is 0 Å². The zero-order valence-corrected chi connectivity index (χ0v) is 22.7. The summed E-state index contributed by atoms with van der Waals surface area (Å²) >= 11 is 2.88. The van der Waals surface area contributed by atoms with E-state index in [0.29, 0.717) is 30.1 Å². The Morgan fingerprint density at radius 1 is 1.00 bits per heavy atom. The summed E-state index contributed by atoms with van der Waals surface area (Å²) in [4.78, 5) is 24.6. The lowest BCUT2D eigenvalue weighted by Crippen LogP contribution is -2.16. The molecule has 0 radical (unpaired) electrons. The molecule has 0 aliphatic carbocycles. The van der Waals surface area contributed by atoms with Gasteiger partial charge in [-0.1, -0.05) is 77.9 Å². The number of thioether (sulfide) groups is 2. The molecule has 0 spiro atoms. The highest BCUT2D eigenvalue weighted by atomic mass is 32.2. The van der Waals surface area contributed by atoms with Crippen LogP contribution in [0.25, 0.3) is 6.08 Å². The molecule has 2 aromatic rings. The van der Waals surface area contributed by atoms with E-state index in [1.54, 1.807) is 25.8 Å². The lowest BCUT2D eigenvalue weighted by atomic mass is 10.0. The van der Waals surface area contributed by atoms with E-state index in [2.05, 4.69) is 23.7 Å². The average Bonchev–Trinajstić information content (AvgIpc) is 2.87. The van der Waals surface area contributed by atoms with Gasteiger partial charge in [-0.25, -0.2) is 0 Å². The molecular weight excluding hydrogens is 488 g/mol. The van der Waals surface area contributed by atoms with E-state index in [0.717, 1.165) is 28.9 Å². The normalized spacial score (nSPS) is 11.5. The molecule has 0 aromatic heterocycles. The lowest BCUT2D eigenvalue weighted by molar-refractivity contribution is -0.142. The van der Waals surface area contributed by atoms with Gasteiger partial charge in [-0.2, -0.15) is 0 Å². The number of hydrogen-bond acceptors (Lipinski definition) is 6. The van der Waals surface area contributed by atoms with Gasteiger partial charge in [-0.15, -0.1) is 11.8 Å². The molecule has 0 aliphatic heterocycles. The van der Waals surface area contributed by atoms with Crippen LogP contribution >= 0.6 is 23.5 Å². The van der Waals surface area contributed by atoms with Crippen molar-refractivity contribution in [3.63, 3.8) is 0 Å². The Labute approximate surface area is 223 Å². The summed E-state index contributed by atoms with van der Waals surface area (Å²) in [6.45, 7) is 3.64. The van der Waals surface area contributed by atoms with E-state index in [1.165, 1.54) is 18.7 Å². The number of esters is 1. The van der Waals surface area contributed by atoms with E-state index in [9.17, 15) is 9.59 Å². The number of unbranched alkanes of at least 4 members (excludes halogenated alkanes) is 2. The first-order chi connectivity index (χ1) is 17.5. The Bertz CT molecular complexity index is 1130. The van der Waals surface area contributed by atoms with Gasteiger partial charge in [0, 0.05) is 44.6 Å². The molecular formula is C30H32O4S2. The quantitative estimate of drug-likeness (QED) is 0.148. The molecule has 4 nitrogen and oxygen atoms in total. The maximum atomic E-state index is 11.9. The van der Waals surface area contributed by atoms with Gasteiger partial charge in [0.1, 0.15) is 0 Å². The second-order valence-corrected chi connectivity index (χ2v) is 9.94. The van der Waals surface area contributed by atoms with Crippen LogP contribution in [0.2, 0.25) is 0 Å². The monoisotopic (exact) mass is 520 g/mol. The summed E-state index contributed by atoms with van der Waals surface area (Å²) in [6, 6.07) is 17.9. The Morgan fingerprint density at radius 2 is 1.75 bits per heavy atom. The minimum Gasteiger partial charge on any atom is -0.444 e. The fourth-order valence-electron chi connectivity index (χ4n) is 3.06. The maximum absolute atomic E-state index is 11.9. The fourth-order valence-corrected chi connectivity index (χ4v) is 4.36. The highest BCUT2D eigenvalue weighted by Crippen LogP contribution is 2.22. The summed E-state index contributed by atoms with van der Waals surface area (Å²) in [7, 11) is 1.69. The first-order valence-electron chi connectivity index (χ1n) is 11.7. The van der Waals surface area contributed by atoms with Gasteiger partial charge in [0.05, 0.1) is 11.3 Å². The topological polar surface area (TPSA) is 52.6 Å². The van der Waals surface area contributed by atoms with E-state index in [4.69, 9.17) is 9.47 Å². The Kier molecular flexibility index (Phi) is 14.3. The average molecular weight is 521 g/mol. The third kappa shape index (κ3) is 12.2. The molecule has 0 saturated heterocycles. The van der Waals surface area contributed by atoms with Crippen LogP contribution in [0.15, 0.2) is 65.1 Å². The zero-order chi connectivity index (χ0) is 26.0. The molecule has 0 N–H and O–H groups in total. The Balaban J connectivity index is 2.33. The molecule has 36 heavy (non-hydrogen) atoms. The molecule has 0 amide bonds. The minimum atomic E-state index is -0.779. The minimum absolute atomic E-state index is 0.0597. The van der Waals surface area contributed by atoms with Crippen molar-refractivity contribution in [2.24, 2.45) is 0 Å². The first-order valence-corrected chi connectivity index (χ1v) is 13.7. The second-order valence-electron chi connectivity index (χ2n) is 7.74. The molecule has 0 heterocycles. The van der Waals surface area contributed by atoms with Crippen molar-refractivity contribution in [2.45, 2.75) is 49.9 Å². The number of rotatable bonds is 11. The van der Waals surface area contributed by atoms with Crippen molar-refractivity contribution in [1.82, 2.24) is 0 Å². The number of benzene rings is 2. The van der Waals surface area contributed by atoms with Crippen LogP contribution in [0.3, 0.4) is 0 Å². The number of methoxy groups -OCH3 is 1. The van der Waals surface area contributed by atoms with E-state index in [1.807, 2.05) is 60.7 Å². The van der Waals surface area contributed by atoms with Gasteiger partial charge < -0.3 is 9.47 Å². The SMILES string of the molecule is COCCCCC#C/C(=C\c1ccccc1CSC(C)=O)C(C#CCSc1ccccc1)OC(C)=O. The highest BCUT2D eigenvalue weighted by Gasteiger charge is 2.15. The standard InChI is InChI=1S/C30H32O4S2/c1-24(31)34-30(19-13-21-35-29-17-8-6-9-18-29)27(15-7-4-5-12-20-33-3)22-26-14-10-11-16-28(26)23-36-25(2)32/h6,8-11,14,16-18,22,30H,4-5,12,20-21,23H2,1-3H3/b27-22+. The van der Waals surface area contributed by atoms with Gasteiger partial charge in [-0.3, -0.25) is 9.59 Å². The summed E-state index contributed by atoms with van der Waals surface area (Å²) in [5.41, 5.74) is 2.55. The van der Waals surface area contributed by atoms with Crippen molar-refractivity contribution >= 4 is 40.7 Å². The number of hydrogen-bond donors (Lipinski definition) is 0. The molecule has 6 heteroatoms. The summed E-state index contributed by atoms with van der Waals surface area (Å²) in [5.74, 6) is 13.4. The van der Waals surface area contributed by atoms with E-state index < -0.39 is 12.1 Å². The number of ether oxygens (including phenoxy) is 2. The van der Waals surface area contributed by atoms with E-state index in [-0.39, 0.29) is 5.12 Å². The smallest absolute Gasteiger partial charge is 0.304 e. The van der Waals surface area contributed by atoms with Crippen molar-refractivity contribution in [3.8, 4) is 23.7 Å². The van der Waals surface area contributed by atoms with Crippen LogP contribution in [0.4, 0.5) is 0 Å². The lowest BCUT2D eigenvalue weighted by Gasteiger charge is -2.13. The molecule has 0 bridgehead atoms. The largest absolute Gasteiger partial charge is 0.444 e. The van der Waals surface area contributed by atoms with Crippen LogP contribution in [-0.2, 0) is 24.8 Å². The van der Waals surface area contributed by atoms with Crippen LogP contribution in [0.5, 0.6) is 0 Å². The molecule has 188 valence electrons. The van der Waals surface area contributed by atoms with Crippen molar-refractivity contribution < 1.29 is 19.1 Å². The van der Waals surface area contributed by atoms with E-state index >= 15 is 0 Å². The second kappa shape index (κ2) is 17.5. The van der Waals surface area contributed by atoms with Crippen LogP contribution in [-0.4, -0.2) is 36.7 Å². The fraction of sp³-hybridized carbons (Fsp3) is 0.333. The third-order valence-electron chi connectivity index (χ3n) is 4.78. The predicted octanol–water partition coefficient (Wildman–Crippen LogP) is 6.40. The number of carbonyl (C=O) groups excluding carboxylic acids is 2. The Hall–Kier alpha value is -2.90. The highest BCUT2D eigenvalue weighted by molar-refractivity contribution is 8.12. The van der Waals surface area contributed by atoms with Crippen LogP contribution < -0.4 is 0 Å². The molecule has 0 aliphatic rings. The third-order valence-corrected chi connectivity index (χ3v) is 6.54. The van der Waals surface area contributed by atoms with Crippen molar-refractivity contribution in [3.05, 3.63) is 71.3 Å². The summed E-state index contributed by atoms with van der Waals surface area (Å²) < 4.78 is 10.7. The van der Waals surface area contributed by atoms with Crippen LogP contribution in [0, 0.1) is 23.7 Å². The molecule has 2 rings (SSSR count). The molecule has 1 unspecified atom stereocenters. The van der Waals surface area contributed by atoms with Gasteiger partial charge in [-0.05, 0) is 42.2 Å². The number of carbonyl (C=O) groups is 2.